The van der Waals surface area contributed by atoms with Gasteiger partial charge < -0.3 is 15.4 Å². The topological polar surface area (TPSA) is 67.4 Å². The van der Waals surface area contributed by atoms with E-state index in [-0.39, 0.29) is 18.1 Å². The lowest BCUT2D eigenvalue weighted by molar-refractivity contribution is -0.144. The maximum absolute atomic E-state index is 12.7. The maximum atomic E-state index is 12.7. The molecule has 1 aromatic carbocycles. The summed E-state index contributed by atoms with van der Waals surface area (Å²) >= 11 is 3.49. The van der Waals surface area contributed by atoms with Crippen molar-refractivity contribution in [2.24, 2.45) is 0 Å². The number of carbonyl (C=O) groups is 2. The third-order valence-electron chi connectivity index (χ3n) is 4.28. The Morgan fingerprint density at radius 2 is 1.96 bits per heavy atom. The van der Waals surface area contributed by atoms with Gasteiger partial charge in [-0.1, -0.05) is 34.1 Å². The van der Waals surface area contributed by atoms with Gasteiger partial charge in [0.2, 0.25) is 0 Å². The molecular weight excluding hydrogens is 360 g/mol. The van der Waals surface area contributed by atoms with E-state index in [1.165, 1.54) is 0 Å². The number of allylic oxidation sites excluding steroid dienone is 1. The molecule has 1 unspecified atom stereocenters. The van der Waals surface area contributed by atoms with Crippen molar-refractivity contribution in [2.45, 2.75) is 44.8 Å². The van der Waals surface area contributed by atoms with E-state index in [9.17, 15) is 9.59 Å². The number of carbonyl (C=O) groups excluding carboxylic acids is 2. The van der Waals surface area contributed by atoms with Gasteiger partial charge in [0.05, 0.1) is 11.6 Å². The Balaban J connectivity index is 1.92. The van der Waals surface area contributed by atoms with Gasteiger partial charge in [-0.15, -0.1) is 0 Å². The summed E-state index contributed by atoms with van der Waals surface area (Å²) in [5.41, 5.74) is 1.83. The van der Waals surface area contributed by atoms with Crippen LogP contribution in [0.1, 0.15) is 44.2 Å². The number of halogens is 1. The number of ether oxygens (including phenoxy) is 1. The Morgan fingerprint density at radius 1 is 1.26 bits per heavy atom. The average molecular weight is 379 g/mol. The number of benzene rings is 1. The fraction of sp³-hybridized carbons (Fsp3) is 0.412. The summed E-state index contributed by atoms with van der Waals surface area (Å²) in [5.74, 6) is -0.359. The largest absolute Gasteiger partial charge is 0.459 e. The van der Waals surface area contributed by atoms with Crippen LogP contribution in [0.4, 0.5) is 4.79 Å². The predicted molar refractivity (Wildman–Crippen MR) is 89.6 cm³/mol. The molecule has 1 aliphatic carbocycles. The molecule has 2 amide bonds. The van der Waals surface area contributed by atoms with Gasteiger partial charge in [0.15, 0.2) is 0 Å². The van der Waals surface area contributed by atoms with Crippen LogP contribution in [0.25, 0.3) is 0 Å². The summed E-state index contributed by atoms with van der Waals surface area (Å²) in [6.07, 6.45) is 4.01. The Hall–Kier alpha value is -1.82. The van der Waals surface area contributed by atoms with Gasteiger partial charge in [-0.3, -0.25) is 0 Å². The summed E-state index contributed by atoms with van der Waals surface area (Å²) in [4.78, 5) is 24.5. The molecule has 0 aromatic heterocycles. The number of hydrogen-bond acceptors (Lipinski definition) is 3. The summed E-state index contributed by atoms with van der Waals surface area (Å²) in [6, 6.07) is 6.71. The highest BCUT2D eigenvalue weighted by Gasteiger charge is 2.34. The van der Waals surface area contributed by atoms with E-state index in [0.29, 0.717) is 11.3 Å². The second-order valence-corrected chi connectivity index (χ2v) is 6.76. The summed E-state index contributed by atoms with van der Waals surface area (Å²) in [6.45, 7) is 1.73. The van der Waals surface area contributed by atoms with Crippen molar-refractivity contribution in [3.63, 3.8) is 0 Å². The number of rotatable bonds is 3. The zero-order chi connectivity index (χ0) is 16.4. The standard InChI is InChI=1S/C17H19BrN2O3/c1-10-14(16(21)23-11-6-2-3-7-11)15(20-17(22)19-10)12-8-4-5-9-13(12)18/h4-5,8-9,11,15H,2-3,6-7H2,1H3,(H2,19,20,22). The molecule has 5 nitrogen and oxygen atoms in total. The van der Waals surface area contributed by atoms with Crippen LogP contribution in [0.5, 0.6) is 0 Å². The van der Waals surface area contributed by atoms with Gasteiger partial charge >= 0.3 is 12.0 Å². The molecule has 122 valence electrons. The number of urea groups is 1. The highest BCUT2D eigenvalue weighted by molar-refractivity contribution is 9.10. The maximum Gasteiger partial charge on any atom is 0.338 e. The van der Waals surface area contributed by atoms with Crippen LogP contribution in [-0.2, 0) is 9.53 Å². The first-order valence-electron chi connectivity index (χ1n) is 7.80. The molecule has 2 N–H and O–H groups in total. The zero-order valence-corrected chi connectivity index (χ0v) is 14.5. The molecule has 1 fully saturated rings. The van der Waals surface area contributed by atoms with Crippen molar-refractivity contribution >= 4 is 27.9 Å². The quantitative estimate of drug-likeness (QED) is 0.790. The first kappa shape index (κ1) is 16.1. The Labute approximate surface area is 143 Å². The van der Waals surface area contributed by atoms with E-state index in [1.807, 2.05) is 24.3 Å². The van der Waals surface area contributed by atoms with E-state index in [1.54, 1.807) is 6.92 Å². The van der Waals surface area contributed by atoms with E-state index in [4.69, 9.17) is 4.74 Å². The molecule has 0 saturated heterocycles. The third-order valence-corrected chi connectivity index (χ3v) is 5.00. The Kier molecular flexibility index (Phi) is 4.71. The molecule has 3 rings (SSSR count). The Bertz CT molecular complexity index is 666. The number of hydrogen-bond donors (Lipinski definition) is 2. The molecule has 23 heavy (non-hydrogen) atoms. The first-order chi connectivity index (χ1) is 11.1. The average Bonchev–Trinajstić information content (AvgIpc) is 2.99. The van der Waals surface area contributed by atoms with E-state index >= 15 is 0 Å². The van der Waals surface area contributed by atoms with Crippen LogP contribution in [0.2, 0.25) is 0 Å². The van der Waals surface area contributed by atoms with Gasteiger partial charge in [-0.2, -0.15) is 0 Å². The van der Waals surface area contributed by atoms with Gasteiger partial charge in [0.1, 0.15) is 6.10 Å². The van der Waals surface area contributed by atoms with Crippen LogP contribution in [0, 0.1) is 0 Å². The van der Waals surface area contributed by atoms with Crippen molar-refractivity contribution in [1.82, 2.24) is 10.6 Å². The fourth-order valence-electron chi connectivity index (χ4n) is 3.13. The Morgan fingerprint density at radius 3 is 2.65 bits per heavy atom. The molecule has 1 aromatic rings. The highest BCUT2D eigenvalue weighted by atomic mass is 79.9. The summed E-state index contributed by atoms with van der Waals surface area (Å²) in [7, 11) is 0. The molecule has 1 heterocycles. The molecule has 0 bridgehead atoms. The number of nitrogens with one attached hydrogen (secondary N) is 2. The second-order valence-electron chi connectivity index (χ2n) is 5.90. The lowest BCUT2D eigenvalue weighted by Crippen LogP contribution is -2.45. The summed E-state index contributed by atoms with van der Waals surface area (Å²) < 4.78 is 6.48. The van der Waals surface area contributed by atoms with E-state index in [0.717, 1.165) is 35.7 Å². The molecule has 1 saturated carbocycles. The summed E-state index contributed by atoms with van der Waals surface area (Å²) in [5, 5.41) is 5.49. The van der Waals surface area contributed by atoms with E-state index < -0.39 is 6.04 Å². The second kappa shape index (κ2) is 6.74. The van der Waals surface area contributed by atoms with Crippen molar-refractivity contribution in [2.75, 3.05) is 0 Å². The molecule has 0 radical (unpaired) electrons. The monoisotopic (exact) mass is 378 g/mol. The van der Waals surface area contributed by atoms with Crippen LogP contribution in [-0.4, -0.2) is 18.1 Å². The molecule has 1 aliphatic heterocycles. The molecule has 1 atom stereocenters. The highest BCUT2D eigenvalue weighted by Crippen LogP contribution is 2.33. The third kappa shape index (κ3) is 3.42. The minimum absolute atomic E-state index is 0.0136. The molecule has 2 aliphatic rings. The van der Waals surface area contributed by atoms with Crippen LogP contribution < -0.4 is 10.6 Å². The van der Waals surface area contributed by atoms with Crippen LogP contribution >= 0.6 is 15.9 Å². The zero-order valence-electron chi connectivity index (χ0n) is 12.9. The smallest absolute Gasteiger partial charge is 0.338 e. The lowest BCUT2D eigenvalue weighted by Gasteiger charge is -2.29. The first-order valence-corrected chi connectivity index (χ1v) is 8.59. The van der Waals surface area contributed by atoms with Gasteiger partial charge in [-0.05, 0) is 44.2 Å². The fourth-order valence-corrected chi connectivity index (χ4v) is 3.64. The molecule has 0 spiro atoms. The van der Waals surface area contributed by atoms with Crippen molar-refractivity contribution < 1.29 is 14.3 Å². The predicted octanol–water partition coefficient (Wildman–Crippen LogP) is 3.56. The number of amides is 2. The number of esters is 1. The van der Waals surface area contributed by atoms with E-state index in [2.05, 4.69) is 26.6 Å². The SMILES string of the molecule is CC1=C(C(=O)OC2CCCC2)C(c2ccccc2Br)NC(=O)N1. The normalized spacial score (nSPS) is 21.8. The van der Waals surface area contributed by atoms with Crippen LogP contribution in [0.15, 0.2) is 40.0 Å². The van der Waals surface area contributed by atoms with Gasteiger partial charge in [0, 0.05) is 10.2 Å². The van der Waals surface area contributed by atoms with Crippen LogP contribution in [0.3, 0.4) is 0 Å². The van der Waals surface area contributed by atoms with Crippen molar-refractivity contribution in [3.8, 4) is 0 Å². The molecular formula is C17H19BrN2O3. The lowest BCUT2D eigenvalue weighted by atomic mass is 9.95. The van der Waals surface area contributed by atoms with Crippen molar-refractivity contribution in [1.29, 1.82) is 0 Å². The minimum Gasteiger partial charge on any atom is -0.459 e. The minimum atomic E-state index is -0.520. The van der Waals surface area contributed by atoms with Gasteiger partial charge in [-0.25, -0.2) is 9.59 Å². The molecule has 6 heteroatoms. The van der Waals surface area contributed by atoms with Crippen molar-refractivity contribution in [3.05, 3.63) is 45.6 Å². The van der Waals surface area contributed by atoms with Gasteiger partial charge in [0.25, 0.3) is 0 Å².